The largest absolute Gasteiger partial charge is 0.356 e. The van der Waals surface area contributed by atoms with Crippen molar-refractivity contribution < 1.29 is 8.42 Å². The van der Waals surface area contributed by atoms with E-state index in [-0.39, 0.29) is 24.0 Å². The standard InChI is InChI=1S/C12H18N4O2S.HI/c1-19(17,18)16-11-5-2-4-10(8-11)9-15-12-13-6-3-7-14-12;/h2,4-5,8,16H,3,6-7,9H2,1H3,(H2,13,14,15);1H. The van der Waals surface area contributed by atoms with Gasteiger partial charge in [-0.05, 0) is 24.1 Å². The maximum atomic E-state index is 11.2. The summed E-state index contributed by atoms with van der Waals surface area (Å²) in [5, 5.41) is 6.36. The lowest BCUT2D eigenvalue weighted by Gasteiger charge is -2.16. The average molecular weight is 410 g/mol. The van der Waals surface area contributed by atoms with Gasteiger partial charge in [0.2, 0.25) is 10.0 Å². The molecular formula is C12H19IN4O2S. The molecule has 0 saturated carbocycles. The third-order valence-corrected chi connectivity index (χ3v) is 3.19. The number of guanidine groups is 1. The van der Waals surface area contributed by atoms with Crippen LogP contribution in [0.15, 0.2) is 29.3 Å². The molecule has 0 radical (unpaired) electrons. The second-order valence-electron chi connectivity index (χ2n) is 4.44. The molecule has 0 atom stereocenters. The zero-order valence-corrected chi connectivity index (χ0v) is 14.4. The predicted octanol–water partition coefficient (Wildman–Crippen LogP) is 1.11. The molecule has 1 aliphatic heterocycles. The Balaban J connectivity index is 0.00000200. The van der Waals surface area contributed by atoms with Gasteiger partial charge in [-0.2, -0.15) is 0 Å². The molecule has 6 nitrogen and oxygen atoms in total. The van der Waals surface area contributed by atoms with E-state index in [1.54, 1.807) is 12.1 Å². The van der Waals surface area contributed by atoms with Crippen molar-refractivity contribution in [2.24, 2.45) is 4.99 Å². The molecule has 20 heavy (non-hydrogen) atoms. The summed E-state index contributed by atoms with van der Waals surface area (Å²) in [4.78, 5) is 4.31. The second kappa shape index (κ2) is 7.67. The number of nitrogens with zero attached hydrogens (tertiary/aromatic N) is 1. The Hall–Kier alpha value is -1.03. The van der Waals surface area contributed by atoms with Crippen molar-refractivity contribution >= 4 is 45.6 Å². The van der Waals surface area contributed by atoms with Crippen LogP contribution in [0.1, 0.15) is 12.0 Å². The van der Waals surface area contributed by atoms with Gasteiger partial charge in [-0.3, -0.25) is 9.71 Å². The van der Waals surface area contributed by atoms with Gasteiger partial charge in [-0.25, -0.2) is 8.42 Å². The number of sulfonamides is 1. The summed E-state index contributed by atoms with van der Waals surface area (Å²) in [6, 6.07) is 7.28. The summed E-state index contributed by atoms with van der Waals surface area (Å²) < 4.78 is 24.8. The average Bonchev–Trinajstić information content (AvgIpc) is 2.36. The Morgan fingerprint density at radius 2 is 2.20 bits per heavy atom. The van der Waals surface area contributed by atoms with Gasteiger partial charge >= 0.3 is 0 Å². The summed E-state index contributed by atoms with van der Waals surface area (Å²) in [5.41, 5.74) is 1.56. The van der Waals surface area contributed by atoms with Gasteiger partial charge in [0.25, 0.3) is 0 Å². The molecule has 1 aromatic rings. The van der Waals surface area contributed by atoms with Crippen LogP contribution in [0, 0.1) is 0 Å². The highest BCUT2D eigenvalue weighted by atomic mass is 127. The smallest absolute Gasteiger partial charge is 0.229 e. The first-order chi connectivity index (χ1) is 9.03. The molecule has 0 aromatic heterocycles. The maximum absolute atomic E-state index is 11.2. The molecule has 8 heteroatoms. The highest BCUT2D eigenvalue weighted by molar-refractivity contribution is 14.0. The van der Waals surface area contributed by atoms with Crippen molar-refractivity contribution in [1.82, 2.24) is 10.6 Å². The summed E-state index contributed by atoms with van der Waals surface area (Å²) in [6.07, 6.45) is 2.19. The van der Waals surface area contributed by atoms with Crippen molar-refractivity contribution in [1.29, 1.82) is 0 Å². The van der Waals surface area contributed by atoms with E-state index in [4.69, 9.17) is 0 Å². The fourth-order valence-corrected chi connectivity index (χ4v) is 2.35. The molecular weight excluding hydrogens is 391 g/mol. The van der Waals surface area contributed by atoms with E-state index in [9.17, 15) is 8.42 Å². The minimum atomic E-state index is -3.24. The first-order valence-electron chi connectivity index (χ1n) is 6.12. The first kappa shape index (κ1) is 17.0. The third kappa shape index (κ3) is 5.95. The number of halogens is 1. The van der Waals surface area contributed by atoms with E-state index >= 15 is 0 Å². The SMILES string of the molecule is CS(=O)(=O)Nc1cccc(CNC2=NCCCN2)c1.I. The van der Waals surface area contributed by atoms with E-state index in [0.29, 0.717) is 12.2 Å². The Labute approximate surface area is 136 Å². The van der Waals surface area contributed by atoms with Gasteiger partial charge < -0.3 is 10.6 Å². The predicted molar refractivity (Wildman–Crippen MR) is 92.1 cm³/mol. The fourth-order valence-electron chi connectivity index (χ4n) is 1.80. The van der Waals surface area contributed by atoms with Crippen LogP contribution in [0.2, 0.25) is 0 Å². The number of aliphatic imine (C=N–C) groups is 1. The monoisotopic (exact) mass is 410 g/mol. The van der Waals surface area contributed by atoms with E-state index in [0.717, 1.165) is 37.3 Å². The lowest BCUT2D eigenvalue weighted by molar-refractivity contribution is 0.607. The van der Waals surface area contributed by atoms with Gasteiger partial charge in [0.15, 0.2) is 5.96 Å². The molecule has 0 spiro atoms. The van der Waals surface area contributed by atoms with Gasteiger partial charge in [0.1, 0.15) is 0 Å². The topological polar surface area (TPSA) is 82.6 Å². The van der Waals surface area contributed by atoms with Crippen molar-refractivity contribution in [2.45, 2.75) is 13.0 Å². The van der Waals surface area contributed by atoms with Gasteiger partial charge in [0, 0.05) is 25.3 Å². The normalized spacial score (nSPS) is 14.6. The van der Waals surface area contributed by atoms with Crippen LogP contribution in [0.3, 0.4) is 0 Å². The molecule has 3 N–H and O–H groups in total. The van der Waals surface area contributed by atoms with Crippen molar-refractivity contribution in [3.63, 3.8) is 0 Å². The van der Waals surface area contributed by atoms with Crippen LogP contribution in [-0.4, -0.2) is 33.7 Å². The summed E-state index contributed by atoms with van der Waals surface area (Å²) >= 11 is 0. The van der Waals surface area contributed by atoms with Crippen molar-refractivity contribution in [3.8, 4) is 0 Å². The van der Waals surface area contributed by atoms with E-state index in [1.165, 1.54) is 0 Å². The molecule has 112 valence electrons. The molecule has 0 saturated heterocycles. The van der Waals surface area contributed by atoms with Gasteiger partial charge in [-0.1, -0.05) is 12.1 Å². The summed E-state index contributed by atoms with van der Waals surface area (Å²) in [6.45, 7) is 2.37. The number of hydrogen-bond acceptors (Lipinski definition) is 5. The summed E-state index contributed by atoms with van der Waals surface area (Å²) in [7, 11) is -3.24. The quantitative estimate of drug-likeness (QED) is 0.650. The zero-order chi connectivity index (χ0) is 13.7. The minimum Gasteiger partial charge on any atom is -0.356 e. The van der Waals surface area contributed by atoms with E-state index in [2.05, 4.69) is 20.3 Å². The number of benzene rings is 1. The highest BCUT2D eigenvalue weighted by Crippen LogP contribution is 2.11. The molecule has 0 aliphatic carbocycles. The molecule has 0 unspecified atom stereocenters. The molecule has 2 rings (SSSR count). The number of rotatable bonds is 4. The molecule has 0 amide bonds. The molecule has 0 bridgehead atoms. The Morgan fingerprint density at radius 3 is 2.85 bits per heavy atom. The van der Waals surface area contributed by atoms with Crippen LogP contribution in [-0.2, 0) is 16.6 Å². The Bertz CT molecular complexity index is 575. The maximum Gasteiger partial charge on any atom is 0.229 e. The van der Waals surface area contributed by atoms with Crippen LogP contribution >= 0.6 is 24.0 Å². The molecule has 1 heterocycles. The van der Waals surface area contributed by atoms with Crippen molar-refractivity contribution in [3.05, 3.63) is 29.8 Å². The number of nitrogens with one attached hydrogen (secondary N) is 3. The number of hydrogen-bond donors (Lipinski definition) is 3. The molecule has 0 fully saturated rings. The van der Waals surface area contributed by atoms with Gasteiger partial charge in [0.05, 0.1) is 6.26 Å². The molecule has 1 aliphatic rings. The van der Waals surface area contributed by atoms with E-state index < -0.39 is 10.0 Å². The third-order valence-electron chi connectivity index (χ3n) is 2.59. The molecule has 1 aromatic carbocycles. The summed E-state index contributed by atoms with van der Waals surface area (Å²) in [5.74, 6) is 0.799. The fraction of sp³-hybridized carbons (Fsp3) is 0.417. The lowest BCUT2D eigenvalue weighted by Crippen LogP contribution is -2.40. The zero-order valence-electron chi connectivity index (χ0n) is 11.2. The Kier molecular flexibility index (Phi) is 6.53. The van der Waals surface area contributed by atoms with Crippen LogP contribution in [0.25, 0.3) is 0 Å². The minimum absolute atomic E-state index is 0. The van der Waals surface area contributed by atoms with E-state index in [1.807, 2.05) is 12.1 Å². The second-order valence-corrected chi connectivity index (χ2v) is 6.19. The van der Waals surface area contributed by atoms with Crippen LogP contribution in [0.5, 0.6) is 0 Å². The Morgan fingerprint density at radius 1 is 1.40 bits per heavy atom. The van der Waals surface area contributed by atoms with Crippen LogP contribution < -0.4 is 15.4 Å². The number of anilines is 1. The highest BCUT2D eigenvalue weighted by Gasteiger charge is 2.05. The lowest BCUT2D eigenvalue weighted by atomic mass is 10.2. The van der Waals surface area contributed by atoms with Gasteiger partial charge in [-0.15, -0.1) is 24.0 Å². The van der Waals surface area contributed by atoms with Crippen molar-refractivity contribution in [2.75, 3.05) is 24.1 Å². The first-order valence-corrected chi connectivity index (χ1v) is 8.01. The van der Waals surface area contributed by atoms with Crippen LogP contribution in [0.4, 0.5) is 5.69 Å².